The van der Waals surface area contributed by atoms with Gasteiger partial charge in [0.25, 0.3) is 0 Å². The summed E-state index contributed by atoms with van der Waals surface area (Å²) in [4.78, 5) is 28.0. The number of aliphatic carboxylic acids is 1. The molecule has 0 unspecified atom stereocenters. The minimum atomic E-state index is -4.49. The van der Waals surface area contributed by atoms with E-state index in [0.29, 0.717) is 0 Å². The van der Waals surface area contributed by atoms with E-state index in [2.05, 4.69) is 4.52 Å². The van der Waals surface area contributed by atoms with E-state index < -0.39 is 24.6 Å². The van der Waals surface area contributed by atoms with Crippen molar-refractivity contribution in [2.24, 2.45) is 10.8 Å². The minimum absolute atomic E-state index is 0.0155. The van der Waals surface area contributed by atoms with E-state index in [-0.39, 0.29) is 19.8 Å². The zero-order valence-electron chi connectivity index (χ0n) is 11.0. The van der Waals surface area contributed by atoms with Crippen molar-refractivity contribution in [2.75, 3.05) is 19.8 Å². The number of carboxylic acids is 1. The average molecular weight is 284 g/mol. The van der Waals surface area contributed by atoms with E-state index >= 15 is 0 Å². The van der Waals surface area contributed by atoms with Gasteiger partial charge in [0, 0.05) is 5.41 Å². The van der Waals surface area contributed by atoms with E-state index in [1.807, 2.05) is 0 Å². The monoisotopic (exact) mass is 284 g/mol. The molecule has 0 aliphatic heterocycles. The summed E-state index contributed by atoms with van der Waals surface area (Å²) in [6.07, 6.45) is 0. The van der Waals surface area contributed by atoms with Gasteiger partial charge in [0.05, 0.1) is 25.2 Å². The highest BCUT2D eigenvalue weighted by atomic mass is 31.2. The molecule has 0 atom stereocenters. The molecule has 8 heteroatoms. The van der Waals surface area contributed by atoms with Crippen LogP contribution in [0.5, 0.6) is 0 Å². The van der Waals surface area contributed by atoms with Gasteiger partial charge < -0.3 is 19.6 Å². The summed E-state index contributed by atoms with van der Waals surface area (Å²) in [5.74, 6) is -0.966. The van der Waals surface area contributed by atoms with Gasteiger partial charge in [-0.05, 0) is 13.8 Å². The molecule has 0 fully saturated rings. The molecule has 0 spiro atoms. The number of hydrogen-bond acceptors (Lipinski definition) is 4. The highest BCUT2D eigenvalue weighted by Crippen LogP contribution is 2.38. The zero-order chi connectivity index (χ0) is 14.6. The predicted molar refractivity (Wildman–Crippen MR) is 64.0 cm³/mol. The number of phosphoric acid groups is 1. The van der Waals surface area contributed by atoms with Crippen LogP contribution in [0.3, 0.4) is 0 Å². The van der Waals surface area contributed by atoms with Crippen LogP contribution in [0.2, 0.25) is 0 Å². The van der Waals surface area contributed by atoms with Crippen molar-refractivity contribution < 1.29 is 33.5 Å². The number of phosphoric ester groups is 1. The number of carboxylic acid groups (broad SMARTS) is 1. The maximum atomic E-state index is 10.8. The van der Waals surface area contributed by atoms with Crippen LogP contribution < -0.4 is 0 Å². The molecule has 0 saturated carbocycles. The number of carbonyl (C=O) groups is 1. The second kappa shape index (κ2) is 6.12. The molecular formula is C10H21O7P. The number of ether oxygens (including phenoxy) is 1. The van der Waals surface area contributed by atoms with Crippen molar-refractivity contribution in [3.05, 3.63) is 0 Å². The molecule has 0 rings (SSSR count). The maximum Gasteiger partial charge on any atom is 0.469 e. The Morgan fingerprint density at radius 2 is 1.61 bits per heavy atom. The third-order valence-corrected chi connectivity index (χ3v) is 2.62. The van der Waals surface area contributed by atoms with Crippen molar-refractivity contribution in [3.8, 4) is 0 Å². The average Bonchev–Trinajstić information content (AvgIpc) is 2.13. The Labute approximate surface area is 106 Å². The summed E-state index contributed by atoms with van der Waals surface area (Å²) in [6, 6.07) is 0. The summed E-state index contributed by atoms with van der Waals surface area (Å²) in [7, 11) is -4.49. The smallest absolute Gasteiger partial charge is 0.469 e. The van der Waals surface area contributed by atoms with Gasteiger partial charge in [-0.3, -0.25) is 9.32 Å². The van der Waals surface area contributed by atoms with E-state index in [4.69, 9.17) is 19.6 Å². The Bertz CT molecular complexity index is 331. The van der Waals surface area contributed by atoms with Gasteiger partial charge in [-0.15, -0.1) is 0 Å². The molecule has 18 heavy (non-hydrogen) atoms. The largest absolute Gasteiger partial charge is 0.481 e. The van der Waals surface area contributed by atoms with Gasteiger partial charge in [0.15, 0.2) is 0 Å². The van der Waals surface area contributed by atoms with E-state index in [1.165, 1.54) is 13.8 Å². The molecule has 0 aliphatic carbocycles. The summed E-state index contributed by atoms with van der Waals surface area (Å²) in [6.45, 7) is 6.46. The van der Waals surface area contributed by atoms with E-state index in [9.17, 15) is 9.36 Å². The van der Waals surface area contributed by atoms with Crippen LogP contribution in [-0.4, -0.2) is 40.7 Å². The first-order chi connectivity index (χ1) is 7.86. The Hall–Kier alpha value is -0.460. The maximum absolute atomic E-state index is 10.8. The lowest BCUT2D eigenvalue weighted by Gasteiger charge is -2.26. The van der Waals surface area contributed by atoms with Crippen LogP contribution in [0.25, 0.3) is 0 Å². The SMILES string of the molecule is CC(C)(COCC(C)(C)C(=O)O)COP(=O)(O)O. The molecule has 0 bridgehead atoms. The van der Waals surface area contributed by atoms with E-state index in [1.54, 1.807) is 13.8 Å². The highest BCUT2D eigenvalue weighted by Gasteiger charge is 2.29. The molecule has 0 aromatic carbocycles. The fraction of sp³-hybridized carbons (Fsp3) is 0.900. The van der Waals surface area contributed by atoms with Crippen LogP contribution in [0.1, 0.15) is 27.7 Å². The summed E-state index contributed by atoms with van der Waals surface area (Å²) >= 11 is 0. The van der Waals surface area contributed by atoms with Crippen LogP contribution in [0.15, 0.2) is 0 Å². The first kappa shape index (κ1) is 17.5. The van der Waals surface area contributed by atoms with Crippen LogP contribution in [-0.2, 0) is 18.6 Å². The summed E-state index contributed by atoms with van der Waals surface area (Å²) in [5, 5.41) is 8.87. The molecule has 0 saturated heterocycles. The van der Waals surface area contributed by atoms with Gasteiger partial charge in [0.1, 0.15) is 0 Å². The highest BCUT2D eigenvalue weighted by molar-refractivity contribution is 7.46. The molecular weight excluding hydrogens is 263 g/mol. The molecule has 0 heterocycles. The van der Waals surface area contributed by atoms with Crippen LogP contribution in [0, 0.1) is 10.8 Å². The zero-order valence-corrected chi connectivity index (χ0v) is 11.9. The molecule has 3 N–H and O–H groups in total. The molecule has 0 amide bonds. The summed E-state index contributed by atoms with van der Waals surface area (Å²) in [5.41, 5.74) is -1.62. The Kier molecular flexibility index (Phi) is 5.97. The third-order valence-electron chi connectivity index (χ3n) is 2.16. The minimum Gasteiger partial charge on any atom is -0.481 e. The van der Waals surface area contributed by atoms with Gasteiger partial charge in [-0.2, -0.15) is 0 Å². The van der Waals surface area contributed by atoms with Crippen LogP contribution >= 0.6 is 7.82 Å². The topological polar surface area (TPSA) is 113 Å². The Morgan fingerprint density at radius 1 is 1.11 bits per heavy atom. The van der Waals surface area contributed by atoms with Gasteiger partial charge in [-0.1, -0.05) is 13.8 Å². The van der Waals surface area contributed by atoms with Crippen molar-refractivity contribution in [1.82, 2.24) is 0 Å². The van der Waals surface area contributed by atoms with Crippen molar-refractivity contribution in [1.29, 1.82) is 0 Å². The molecule has 0 aromatic rings. The van der Waals surface area contributed by atoms with E-state index in [0.717, 1.165) is 0 Å². The van der Waals surface area contributed by atoms with Crippen LogP contribution in [0.4, 0.5) is 0 Å². The lowest BCUT2D eigenvalue weighted by molar-refractivity contribution is -0.151. The van der Waals surface area contributed by atoms with Crippen molar-refractivity contribution >= 4 is 13.8 Å². The number of hydrogen-bond donors (Lipinski definition) is 3. The molecule has 7 nitrogen and oxygen atoms in total. The first-order valence-corrected chi connectivity index (χ1v) is 6.90. The second-order valence-corrected chi connectivity index (χ2v) is 6.85. The molecule has 0 radical (unpaired) electrons. The lowest BCUT2D eigenvalue weighted by atomic mass is 9.94. The third kappa shape index (κ3) is 7.79. The summed E-state index contributed by atoms with van der Waals surface area (Å²) < 4.78 is 20.2. The second-order valence-electron chi connectivity index (χ2n) is 5.61. The van der Waals surface area contributed by atoms with Gasteiger partial charge >= 0.3 is 13.8 Å². The first-order valence-electron chi connectivity index (χ1n) is 5.37. The fourth-order valence-corrected chi connectivity index (χ4v) is 1.46. The van der Waals surface area contributed by atoms with Gasteiger partial charge in [0.2, 0.25) is 0 Å². The van der Waals surface area contributed by atoms with Crippen molar-refractivity contribution in [3.63, 3.8) is 0 Å². The molecule has 108 valence electrons. The normalized spacial score (nSPS) is 13.7. The standard InChI is InChI=1S/C10H21O7P/c1-9(2,6-17-18(13,14)15)5-16-7-10(3,4)8(11)12/h5-7H2,1-4H3,(H,11,12)(H2,13,14,15). The molecule has 0 aliphatic rings. The van der Waals surface area contributed by atoms with Gasteiger partial charge in [-0.25, -0.2) is 4.57 Å². The van der Waals surface area contributed by atoms with Crippen molar-refractivity contribution in [2.45, 2.75) is 27.7 Å². The fourth-order valence-electron chi connectivity index (χ4n) is 0.945. The number of rotatable bonds is 8. The quantitative estimate of drug-likeness (QED) is 0.575. The lowest BCUT2D eigenvalue weighted by Crippen LogP contribution is -2.32. The molecule has 0 aromatic heterocycles. The Balaban J connectivity index is 4.12. The Morgan fingerprint density at radius 3 is 2.00 bits per heavy atom. The predicted octanol–water partition coefficient (Wildman–Crippen LogP) is 1.25.